The Balaban J connectivity index is 1.35. The number of nitrogens with one attached hydrogen (secondary N) is 2. The van der Waals surface area contributed by atoms with Gasteiger partial charge >= 0.3 is 0 Å². The number of hydrogen-bond donors (Lipinski definition) is 2. The Morgan fingerprint density at radius 1 is 0.361 bits per heavy atom. The fourth-order valence-corrected chi connectivity index (χ4v) is 10.6. The molecule has 5 heterocycles. The fourth-order valence-electron chi connectivity index (χ4n) is 10.6. The van der Waals surface area contributed by atoms with Crippen LogP contribution in [0.15, 0.2) is 146 Å². The molecular formula is C67H64N4O. The van der Waals surface area contributed by atoms with Gasteiger partial charge in [-0.15, -0.1) is 0 Å². The predicted molar refractivity (Wildman–Crippen MR) is 305 cm³/mol. The first-order valence-corrected chi connectivity index (χ1v) is 25.4. The second-order valence-corrected chi connectivity index (χ2v) is 24.0. The predicted octanol–water partition coefficient (Wildman–Crippen LogP) is 17.9. The highest BCUT2D eigenvalue weighted by atomic mass is 16.1. The smallest absolute Gasteiger partial charge is 0.214 e. The van der Waals surface area contributed by atoms with Gasteiger partial charge in [-0.2, -0.15) is 0 Å². The molecule has 0 saturated heterocycles. The maximum Gasteiger partial charge on any atom is 0.214 e. The number of aromatic amines is 2. The van der Waals surface area contributed by atoms with Crippen LogP contribution < -0.4 is 0 Å². The zero-order valence-corrected chi connectivity index (χ0v) is 43.8. The molecule has 8 bridgehead atoms. The number of nitrogens with zero attached hydrogens (tertiary/aromatic N) is 2. The Morgan fingerprint density at radius 2 is 0.778 bits per heavy atom. The van der Waals surface area contributed by atoms with Crippen molar-refractivity contribution in [1.29, 1.82) is 0 Å². The van der Waals surface area contributed by atoms with E-state index in [1.807, 2.05) is 6.07 Å². The third-order valence-corrected chi connectivity index (χ3v) is 14.8. The van der Waals surface area contributed by atoms with Crippen LogP contribution in [0.4, 0.5) is 0 Å². The number of rotatable bonds is 4. The summed E-state index contributed by atoms with van der Waals surface area (Å²) in [6.45, 7) is 26.9. The highest BCUT2D eigenvalue weighted by Gasteiger charge is 2.33. The van der Waals surface area contributed by atoms with E-state index in [1.165, 1.54) is 22.3 Å². The van der Waals surface area contributed by atoms with E-state index in [4.69, 9.17) is 9.97 Å². The first-order valence-electron chi connectivity index (χ1n) is 25.4. The van der Waals surface area contributed by atoms with Crippen molar-refractivity contribution in [2.45, 2.75) is 105 Å². The topological polar surface area (TPSA) is 74.4 Å². The van der Waals surface area contributed by atoms with E-state index in [-0.39, 0.29) is 27.4 Å². The molecular weight excluding hydrogens is 877 g/mol. The summed E-state index contributed by atoms with van der Waals surface area (Å²) in [5.74, 6) is -0.114. The van der Waals surface area contributed by atoms with Gasteiger partial charge in [0.05, 0.1) is 22.5 Å². The highest BCUT2D eigenvalue weighted by Crippen LogP contribution is 2.46. The number of hydrogen-bond acceptors (Lipinski definition) is 3. The lowest BCUT2D eigenvalue weighted by Crippen LogP contribution is -2.11. The molecule has 0 unspecified atom stereocenters. The number of carbonyl (C=O) groups excluding carboxylic acids is 1. The van der Waals surface area contributed by atoms with Gasteiger partial charge in [-0.3, -0.25) is 4.79 Å². The van der Waals surface area contributed by atoms with E-state index in [9.17, 15) is 0 Å². The fraction of sp³-hybridized carbons (Fsp3) is 0.239. The Kier molecular flexibility index (Phi) is 10.9. The number of aromatic nitrogens is 4. The molecule has 72 heavy (non-hydrogen) atoms. The molecule has 0 radical (unpaired) electrons. The molecule has 358 valence electrons. The Bertz CT molecular complexity index is 3860. The van der Waals surface area contributed by atoms with Crippen molar-refractivity contribution in [1.82, 2.24) is 19.9 Å². The van der Waals surface area contributed by atoms with Crippen LogP contribution in [0.3, 0.4) is 0 Å². The second kappa shape index (κ2) is 16.7. The van der Waals surface area contributed by atoms with Gasteiger partial charge in [0.2, 0.25) is 5.78 Å². The van der Waals surface area contributed by atoms with Crippen LogP contribution in [-0.2, 0) is 21.7 Å². The number of H-pyrrole nitrogens is 2. The van der Waals surface area contributed by atoms with E-state index < -0.39 is 0 Å². The molecule has 2 aliphatic rings. The summed E-state index contributed by atoms with van der Waals surface area (Å²) in [6, 6.07) is 52.4. The minimum Gasteiger partial charge on any atom is -0.354 e. The summed E-state index contributed by atoms with van der Waals surface area (Å²) in [4.78, 5) is 35.2. The summed E-state index contributed by atoms with van der Waals surface area (Å²) in [6.07, 6.45) is 4.25. The zero-order chi connectivity index (χ0) is 50.6. The van der Waals surface area contributed by atoms with Crippen LogP contribution in [0, 0.1) is 0 Å². The molecule has 5 nitrogen and oxygen atoms in total. The molecule has 5 heteroatoms. The van der Waals surface area contributed by atoms with Gasteiger partial charge in [0.1, 0.15) is 5.69 Å². The molecule has 9 aromatic rings. The van der Waals surface area contributed by atoms with E-state index in [0.717, 1.165) is 94.1 Å². The average molecular weight is 941 g/mol. The van der Waals surface area contributed by atoms with Gasteiger partial charge in [-0.25, -0.2) is 9.97 Å². The normalized spacial score (nSPS) is 13.2. The van der Waals surface area contributed by atoms with E-state index in [2.05, 4.69) is 245 Å². The van der Waals surface area contributed by atoms with Crippen molar-refractivity contribution in [3.8, 4) is 44.5 Å². The van der Waals surface area contributed by atoms with E-state index >= 15 is 4.79 Å². The number of fused-ring (bicyclic) bond motifs is 10. The van der Waals surface area contributed by atoms with E-state index in [0.29, 0.717) is 16.8 Å². The summed E-state index contributed by atoms with van der Waals surface area (Å²) >= 11 is 0. The molecule has 6 aromatic carbocycles. The standard InChI is InChI=1S/C67H64N4O/c1-64(2,3)43-24-18-40(19-25-43)56-49-32-33-50(68-49)57(41-20-26-44(27-21-41)65(4,5)6)52-35-37-54(70-52)59-47-31-30-46(67(10,11)12)38-48(47)55(39-16-14-13-15-17-39)60-61(59)71-62(63(60)72)58(53-36-34-51(56)69-53)42-22-28-45(29-23-42)66(7,8)9/h13-38,68-69H,1-12H3. The lowest BCUT2D eigenvalue weighted by atomic mass is 9.82. The van der Waals surface area contributed by atoms with Crippen LogP contribution in [-0.4, -0.2) is 25.7 Å². The quantitative estimate of drug-likeness (QED) is 0.185. The third-order valence-electron chi connectivity index (χ3n) is 14.8. The maximum absolute atomic E-state index is 16.1. The largest absolute Gasteiger partial charge is 0.354 e. The molecule has 0 spiro atoms. The van der Waals surface area contributed by atoms with Crippen molar-refractivity contribution in [3.05, 3.63) is 190 Å². The minimum atomic E-state index is -0.151. The van der Waals surface area contributed by atoms with Crippen molar-refractivity contribution in [3.63, 3.8) is 0 Å². The van der Waals surface area contributed by atoms with Gasteiger partial charge in [-0.1, -0.05) is 198 Å². The number of carbonyl (C=O) groups is 1. The third kappa shape index (κ3) is 8.09. The summed E-state index contributed by atoms with van der Waals surface area (Å²) in [5, 5.41) is 2.85. The first kappa shape index (κ1) is 46.7. The van der Waals surface area contributed by atoms with Crippen LogP contribution in [0.1, 0.15) is 133 Å². The van der Waals surface area contributed by atoms with Crippen LogP contribution in [0.25, 0.3) is 100 Å². The zero-order valence-electron chi connectivity index (χ0n) is 43.8. The molecule has 0 aliphatic carbocycles. The van der Waals surface area contributed by atoms with Gasteiger partial charge in [-0.05, 0) is 119 Å². The van der Waals surface area contributed by atoms with Crippen LogP contribution in [0.2, 0.25) is 0 Å². The second-order valence-electron chi connectivity index (χ2n) is 24.0. The Labute approximate surface area is 424 Å². The Hall–Kier alpha value is -7.63. The molecule has 0 amide bonds. The molecule has 0 fully saturated rings. The molecule has 2 aliphatic heterocycles. The van der Waals surface area contributed by atoms with Crippen molar-refractivity contribution in [2.75, 3.05) is 0 Å². The summed E-state index contributed by atoms with van der Waals surface area (Å²) in [7, 11) is 0. The van der Waals surface area contributed by atoms with Gasteiger partial charge in [0.15, 0.2) is 0 Å². The monoisotopic (exact) mass is 941 g/mol. The molecule has 0 atom stereocenters. The SMILES string of the molecule is CC(C)(C)c1ccc(-c2c3nc(c4c5nc(c(-c6ccc(C(C)(C)C)cc6)c6ccc([nH]6)c(-c6ccc(C(C)(C)C)cc6)c6ccc2[nH]6)C(=O)c5c(-c2ccccc2)c2cc(C(C)(C)C)ccc24)C=C3)cc1. The highest BCUT2D eigenvalue weighted by molar-refractivity contribution is 6.31. The molecule has 3 aromatic heterocycles. The van der Waals surface area contributed by atoms with Crippen LogP contribution >= 0.6 is 0 Å². The van der Waals surface area contributed by atoms with Crippen LogP contribution in [0.5, 0.6) is 0 Å². The van der Waals surface area contributed by atoms with Gasteiger partial charge in [0, 0.05) is 49.7 Å². The number of benzene rings is 6. The maximum atomic E-state index is 16.1. The van der Waals surface area contributed by atoms with E-state index in [1.54, 1.807) is 0 Å². The lowest BCUT2D eigenvalue weighted by molar-refractivity contribution is 0.104. The first-order chi connectivity index (χ1) is 34.1. The van der Waals surface area contributed by atoms with Crippen molar-refractivity contribution in [2.24, 2.45) is 0 Å². The average Bonchev–Trinajstić information content (AvgIpc) is 4.17. The Morgan fingerprint density at radius 3 is 1.28 bits per heavy atom. The molecule has 0 saturated carbocycles. The van der Waals surface area contributed by atoms with Crippen molar-refractivity contribution < 1.29 is 4.79 Å². The van der Waals surface area contributed by atoms with Gasteiger partial charge in [0.25, 0.3) is 0 Å². The molecule has 11 rings (SSSR count). The van der Waals surface area contributed by atoms with Crippen molar-refractivity contribution >= 4 is 61.7 Å². The minimum absolute atomic E-state index is 0.0134. The lowest BCUT2D eigenvalue weighted by Gasteiger charge is -2.21. The van der Waals surface area contributed by atoms with Gasteiger partial charge < -0.3 is 9.97 Å². The summed E-state index contributed by atoms with van der Waals surface area (Å²) in [5.41, 5.74) is 19.1. The number of ketones is 1. The molecule has 2 N–H and O–H groups in total. The summed E-state index contributed by atoms with van der Waals surface area (Å²) < 4.78 is 0.